The molecule has 5 aliphatic rings. The molecule has 5 heterocycles. The Morgan fingerprint density at radius 1 is 0.422 bits per heavy atom. The van der Waals surface area contributed by atoms with Crippen LogP contribution in [-0.4, -0.2) is 0 Å². The Morgan fingerprint density at radius 3 is 1.69 bits per heavy atom. The van der Waals surface area contributed by atoms with Crippen LogP contribution in [0.25, 0.3) is 55.3 Å². The first-order valence-electron chi connectivity index (χ1n) is 22.6. The van der Waals surface area contributed by atoms with Gasteiger partial charge in [-0.3, -0.25) is 0 Å². The predicted molar refractivity (Wildman–Crippen MR) is 267 cm³/mol. The first-order chi connectivity index (χ1) is 31.1. The number of furan rings is 1. The van der Waals surface area contributed by atoms with Crippen molar-refractivity contribution in [1.82, 2.24) is 0 Å². The van der Waals surface area contributed by atoms with Gasteiger partial charge in [0.2, 0.25) is 0 Å². The number of benzene rings is 9. The van der Waals surface area contributed by atoms with Crippen LogP contribution in [0.15, 0.2) is 211 Å². The summed E-state index contributed by atoms with van der Waals surface area (Å²) in [4.78, 5) is 2.43. The summed E-state index contributed by atoms with van der Waals surface area (Å²) in [6.45, 7) is 11.6. The van der Waals surface area contributed by atoms with Crippen LogP contribution in [0.5, 0.6) is 0 Å². The molecule has 4 aliphatic heterocycles. The molecule has 0 fully saturated rings. The van der Waals surface area contributed by atoms with Crippen LogP contribution in [-0.2, 0) is 16.2 Å². The maximum atomic E-state index is 6.85. The Bertz CT molecular complexity index is 3400. The fourth-order valence-corrected chi connectivity index (χ4v) is 11.0. The number of nitrogens with zero attached hydrogens (tertiary/aromatic N) is 1. The predicted octanol–water partition coefficient (Wildman–Crippen LogP) is 16.7. The molecular weight excluding hydrogens is 775 g/mol. The standard InChI is InChI=1S/C62H49NO/c1-60(2,3)43-23-27-45(28-24-43)62-46-29-25-44(26-30-46)61(4,5)55-38-37-53-52-16-10-12-18-57(52)64-59(53)58(55)42-21-33-48(34-22-42)63(47-31-19-41(20-32-47)40-13-7-6-8-14-40)49-35-36-51(56(62)39-49)50-15-9-11-17-54(50)62/h6-39H,1-5H3. The van der Waals surface area contributed by atoms with Gasteiger partial charge in [0.05, 0.1) is 5.41 Å². The van der Waals surface area contributed by atoms with Crippen molar-refractivity contribution in [2.75, 3.05) is 4.90 Å². The molecule has 6 bridgehead atoms. The maximum absolute atomic E-state index is 6.85. The molecule has 1 atom stereocenters. The van der Waals surface area contributed by atoms with Gasteiger partial charge in [0.1, 0.15) is 11.2 Å². The minimum atomic E-state index is -0.580. The molecule has 0 saturated heterocycles. The van der Waals surface area contributed by atoms with Crippen molar-refractivity contribution in [1.29, 1.82) is 0 Å². The minimum absolute atomic E-state index is 0.0267. The summed E-state index contributed by atoms with van der Waals surface area (Å²) in [6, 6.07) is 77.2. The van der Waals surface area contributed by atoms with E-state index in [1.54, 1.807) is 0 Å². The second-order valence-corrected chi connectivity index (χ2v) is 19.3. The number of anilines is 3. The lowest BCUT2D eigenvalue weighted by Crippen LogP contribution is -2.29. The lowest BCUT2D eigenvalue weighted by atomic mass is 9.66. The number of hydrogen-bond donors (Lipinski definition) is 0. The summed E-state index contributed by atoms with van der Waals surface area (Å²) >= 11 is 0. The van der Waals surface area contributed by atoms with E-state index >= 15 is 0 Å². The van der Waals surface area contributed by atoms with E-state index in [1.165, 1.54) is 61.2 Å². The van der Waals surface area contributed by atoms with Crippen LogP contribution in [0.2, 0.25) is 0 Å². The summed E-state index contributed by atoms with van der Waals surface area (Å²) in [5, 5.41) is 2.26. The molecule has 0 radical (unpaired) electrons. The van der Waals surface area contributed by atoms with E-state index in [-0.39, 0.29) is 10.8 Å². The van der Waals surface area contributed by atoms with Gasteiger partial charge in [0, 0.05) is 38.8 Å². The second kappa shape index (κ2) is 14.0. The highest BCUT2D eigenvalue weighted by Gasteiger charge is 2.47. The van der Waals surface area contributed by atoms with Crippen LogP contribution in [0, 0.1) is 0 Å². The van der Waals surface area contributed by atoms with Gasteiger partial charge in [-0.1, -0.05) is 198 Å². The molecule has 2 heteroatoms. The maximum Gasteiger partial charge on any atom is 0.143 e. The van der Waals surface area contributed by atoms with E-state index in [2.05, 4.69) is 246 Å². The molecule has 0 saturated carbocycles. The van der Waals surface area contributed by atoms with E-state index in [0.717, 1.165) is 50.1 Å². The first kappa shape index (κ1) is 38.3. The Morgan fingerprint density at radius 2 is 0.984 bits per heavy atom. The van der Waals surface area contributed by atoms with Crippen molar-refractivity contribution in [3.8, 4) is 33.4 Å². The topological polar surface area (TPSA) is 16.4 Å². The van der Waals surface area contributed by atoms with Crippen LogP contribution in [0.3, 0.4) is 0 Å². The molecule has 1 aliphatic carbocycles. The zero-order chi connectivity index (χ0) is 43.4. The molecule has 0 amide bonds. The van der Waals surface area contributed by atoms with Gasteiger partial charge in [-0.05, 0) is 115 Å². The Kier molecular flexibility index (Phi) is 8.40. The van der Waals surface area contributed by atoms with E-state index in [9.17, 15) is 0 Å². The van der Waals surface area contributed by atoms with Crippen molar-refractivity contribution in [3.05, 3.63) is 245 Å². The monoisotopic (exact) mass is 823 g/mol. The van der Waals surface area contributed by atoms with Gasteiger partial charge in [0.25, 0.3) is 0 Å². The summed E-state index contributed by atoms with van der Waals surface area (Å²) in [5.74, 6) is 0. The molecule has 10 aromatic rings. The zero-order valence-electron chi connectivity index (χ0n) is 37.0. The number of hydrogen-bond acceptors (Lipinski definition) is 2. The molecule has 1 aromatic heterocycles. The van der Waals surface area contributed by atoms with Crippen molar-refractivity contribution in [2.45, 2.75) is 50.9 Å². The van der Waals surface area contributed by atoms with Gasteiger partial charge < -0.3 is 9.32 Å². The Hall–Kier alpha value is -7.42. The smallest absolute Gasteiger partial charge is 0.143 e. The summed E-state index contributed by atoms with van der Waals surface area (Å²) in [5.41, 5.74) is 20.3. The third kappa shape index (κ3) is 5.65. The molecule has 9 aromatic carbocycles. The quantitative estimate of drug-likeness (QED) is 0.176. The van der Waals surface area contributed by atoms with Crippen molar-refractivity contribution in [3.63, 3.8) is 0 Å². The van der Waals surface area contributed by atoms with Gasteiger partial charge in [-0.15, -0.1) is 0 Å². The van der Waals surface area contributed by atoms with Crippen LogP contribution in [0.4, 0.5) is 17.1 Å². The van der Waals surface area contributed by atoms with Gasteiger partial charge >= 0.3 is 0 Å². The summed E-state index contributed by atoms with van der Waals surface area (Å²) in [6.07, 6.45) is 0. The van der Waals surface area contributed by atoms with E-state index in [0.29, 0.717) is 0 Å². The van der Waals surface area contributed by atoms with Crippen molar-refractivity contribution >= 4 is 39.0 Å². The van der Waals surface area contributed by atoms with E-state index < -0.39 is 5.41 Å². The van der Waals surface area contributed by atoms with Gasteiger partial charge in [0.15, 0.2) is 0 Å². The Labute approximate surface area is 376 Å². The number of fused-ring (bicyclic) bond motifs is 5. The third-order valence-electron chi connectivity index (χ3n) is 14.4. The first-order valence-corrected chi connectivity index (χ1v) is 22.6. The average Bonchev–Trinajstić information content (AvgIpc) is 3.85. The van der Waals surface area contributed by atoms with Crippen LogP contribution in [0.1, 0.15) is 73.6 Å². The lowest BCUT2D eigenvalue weighted by Gasteiger charge is -2.36. The average molecular weight is 824 g/mol. The SMILES string of the molecule is CC(C)(C)c1ccc(C23c4ccc(cc4)C(C)(C)c4ccc5c(oc6ccccc65)c4-c4ccc(cc4)N(c4ccc(-c5ccccc5)cc4)c4ccc(c2c4)-c2ccccc23)cc1. The number of rotatable bonds is 3. The van der Waals surface area contributed by atoms with Gasteiger partial charge in [-0.25, -0.2) is 0 Å². The molecule has 64 heavy (non-hydrogen) atoms. The highest BCUT2D eigenvalue weighted by molar-refractivity contribution is 6.10. The molecule has 308 valence electrons. The third-order valence-corrected chi connectivity index (χ3v) is 14.4. The fourth-order valence-electron chi connectivity index (χ4n) is 11.0. The number of para-hydroxylation sites is 1. The second-order valence-electron chi connectivity index (χ2n) is 19.3. The Balaban J connectivity index is 1.17. The van der Waals surface area contributed by atoms with Crippen LogP contribution < -0.4 is 4.90 Å². The molecule has 15 rings (SSSR count). The lowest BCUT2D eigenvalue weighted by molar-refractivity contribution is 0.589. The highest BCUT2D eigenvalue weighted by atomic mass is 16.3. The molecule has 0 spiro atoms. The summed E-state index contributed by atoms with van der Waals surface area (Å²) < 4.78 is 6.85. The van der Waals surface area contributed by atoms with E-state index in [4.69, 9.17) is 4.42 Å². The minimum Gasteiger partial charge on any atom is -0.455 e. The molecule has 0 N–H and O–H groups in total. The van der Waals surface area contributed by atoms with E-state index in [1.807, 2.05) is 0 Å². The molecular formula is C62H49NO. The van der Waals surface area contributed by atoms with Crippen LogP contribution >= 0.6 is 0 Å². The van der Waals surface area contributed by atoms with Crippen molar-refractivity contribution < 1.29 is 4.42 Å². The molecule has 1 unspecified atom stereocenters. The fraction of sp³-hybridized carbons (Fsp3) is 0.129. The zero-order valence-corrected chi connectivity index (χ0v) is 37.0. The van der Waals surface area contributed by atoms with Crippen molar-refractivity contribution in [2.24, 2.45) is 0 Å². The highest BCUT2D eigenvalue weighted by Crippen LogP contribution is 2.58. The largest absolute Gasteiger partial charge is 0.455 e. The summed E-state index contributed by atoms with van der Waals surface area (Å²) in [7, 11) is 0. The molecule has 2 nitrogen and oxygen atoms in total. The van der Waals surface area contributed by atoms with Gasteiger partial charge in [-0.2, -0.15) is 0 Å². The normalized spacial score (nSPS) is 16.0.